The van der Waals surface area contributed by atoms with Crippen molar-refractivity contribution in [3.05, 3.63) is 29.8 Å². The lowest BCUT2D eigenvalue weighted by Crippen LogP contribution is -2.28. The van der Waals surface area contributed by atoms with E-state index in [2.05, 4.69) is 4.99 Å². The van der Waals surface area contributed by atoms with E-state index < -0.39 is 9.84 Å². The smallest absolute Gasteiger partial charge is 0.213 e. The molecule has 4 N–H and O–H groups in total. The Labute approximate surface area is 93.7 Å². The third kappa shape index (κ3) is 3.52. The molecule has 0 bridgehead atoms. The number of benzene rings is 1. The first-order valence-electron chi connectivity index (χ1n) is 4.42. The highest BCUT2D eigenvalue weighted by molar-refractivity contribution is 7.90. The van der Waals surface area contributed by atoms with Gasteiger partial charge in [0.05, 0.1) is 11.4 Å². The van der Waals surface area contributed by atoms with Crippen LogP contribution < -0.4 is 11.2 Å². The number of nitrogens with zero attached hydrogens (tertiary/aromatic N) is 1. The Morgan fingerprint density at radius 1 is 1.44 bits per heavy atom. The highest BCUT2D eigenvalue weighted by Crippen LogP contribution is 2.10. The number of nitrogens with two attached hydrogens (primary N) is 1. The van der Waals surface area contributed by atoms with E-state index >= 15 is 0 Å². The van der Waals surface area contributed by atoms with E-state index in [1.165, 1.54) is 12.1 Å². The summed E-state index contributed by atoms with van der Waals surface area (Å²) in [5.74, 6) is -0.0906. The first-order chi connectivity index (χ1) is 7.43. The van der Waals surface area contributed by atoms with Crippen molar-refractivity contribution in [1.82, 2.24) is 5.48 Å². The Morgan fingerprint density at radius 3 is 2.44 bits per heavy atom. The van der Waals surface area contributed by atoms with Crippen molar-refractivity contribution in [3.8, 4) is 0 Å². The van der Waals surface area contributed by atoms with Crippen LogP contribution in [-0.2, 0) is 16.4 Å². The Morgan fingerprint density at radius 2 is 2.00 bits per heavy atom. The quantitative estimate of drug-likeness (QED) is 0.390. The number of rotatable bonds is 3. The molecule has 1 rings (SSSR count). The minimum Gasteiger partial charge on any atom is -0.368 e. The van der Waals surface area contributed by atoms with E-state index in [0.717, 1.165) is 11.8 Å². The number of hydroxylamine groups is 1. The zero-order valence-electron chi connectivity index (χ0n) is 8.71. The van der Waals surface area contributed by atoms with Crippen molar-refractivity contribution in [3.63, 3.8) is 0 Å². The van der Waals surface area contributed by atoms with E-state index in [4.69, 9.17) is 10.9 Å². The van der Waals surface area contributed by atoms with Gasteiger partial charge in [-0.25, -0.2) is 18.9 Å². The fourth-order valence-electron chi connectivity index (χ4n) is 1.05. The summed E-state index contributed by atoms with van der Waals surface area (Å²) in [7, 11) is -3.17. The van der Waals surface area contributed by atoms with Crippen LogP contribution in [0.15, 0.2) is 34.2 Å². The number of sulfone groups is 1. The van der Waals surface area contributed by atoms with Gasteiger partial charge in [0.25, 0.3) is 0 Å². The highest BCUT2D eigenvalue weighted by Gasteiger charge is 2.05. The predicted octanol–water partition coefficient (Wildman–Crippen LogP) is -0.116. The highest BCUT2D eigenvalue weighted by atomic mass is 32.2. The fourth-order valence-corrected chi connectivity index (χ4v) is 1.68. The third-order valence-electron chi connectivity index (χ3n) is 1.90. The molecule has 0 saturated heterocycles. The molecule has 1 aromatic rings. The summed E-state index contributed by atoms with van der Waals surface area (Å²) < 4.78 is 22.3. The number of hydrogen-bond donors (Lipinski definition) is 3. The van der Waals surface area contributed by atoms with Gasteiger partial charge in [-0.1, -0.05) is 12.1 Å². The summed E-state index contributed by atoms with van der Waals surface area (Å²) in [6.45, 7) is 0.267. The van der Waals surface area contributed by atoms with Gasteiger partial charge in [0, 0.05) is 6.26 Å². The van der Waals surface area contributed by atoms with Gasteiger partial charge >= 0.3 is 0 Å². The molecule has 0 aliphatic heterocycles. The minimum absolute atomic E-state index is 0.0906. The fraction of sp³-hybridized carbons (Fsp3) is 0.222. The maximum Gasteiger partial charge on any atom is 0.213 e. The van der Waals surface area contributed by atoms with Crippen LogP contribution in [0.3, 0.4) is 0 Å². The summed E-state index contributed by atoms with van der Waals surface area (Å²) >= 11 is 0. The second-order valence-corrected chi connectivity index (χ2v) is 5.25. The molecule has 0 radical (unpaired) electrons. The minimum atomic E-state index is -3.17. The second kappa shape index (κ2) is 4.95. The lowest BCUT2D eigenvalue weighted by molar-refractivity contribution is 0.232. The maximum absolute atomic E-state index is 11.2. The van der Waals surface area contributed by atoms with Crippen LogP contribution in [0.25, 0.3) is 0 Å². The van der Waals surface area contributed by atoms with Crippen LogP contribution >= 0.6 is 0 Å². The summed E-state index contributed by atoms with van der Waals surface area (Å²) in [6.07, 6.45) is 1.15. The molecule has 0 atom stereocenters. The molecule has 0 aliphatic rings. The van der Waals surface area contributed by atoms with Crippen molar-refractivity contribution in [2.75, 3.05) is 6.26 Å². The number of guanidine groups is 1. The van der Waals surface area contributed by atoms with E-state index in [9.17, 15) is 8.42 Å². The van der Waals surface area contributed by atoms with Gasteiger partial charge in [0.1, 0.15) is 0 Å². The Balaban J connectivity index is 2.81. The molecule has 6 nitrogen and oxygen atoms in total. The number of aliphatic imine (C=N–C) groups is 1. The maximum atomic E-state index is 11.2. The standard InChI is InChI=1S/C9H13N3O3S/c1-16(14,15)8-4-2-7(3-5-8)6-11-9(10)12-13/h2-5,13H,6H2,1H3,(H3,10,11,12). The van der Waals surface area contributed by atoms with Crippen LogP contribution in [0.1, 0.15) is 5.56 Å². The van der Waals surface area contributed by atoms with Gasteiger partial charge in [-0.3, -0.25) is 5.21 Å². The predicted molar refractivity (Wildman–Crippen MR) is 59.8 cm³/mol. The van der Waals surface area contributed by atoms with Gasteiger partial charge in [-0.15, -0.1) is 0 Å². The monoisotopic (exact) mass is 243 g/mol. The Bertz CT molecular complexity index is 479. The molecule has 0 saturated carbocycles. The molecule has 0 aliphatic carbocycles. The van der Waals surface area contributed by atoms with Crippen molar-refractivity contribution >= 4 is 15.8 Å². The lowest BCUT2D eigenvalue weighted by atomic mass is 10.2. The molecule has 0 unspecified atom stereocenters. The summed E-state index contributed by atoms with van der Waals surface area (Å²) in [5.41, 5.74) is 7.71. The van der Waals surface area contributed by atoms with Gasteiger partial charge in [0.15, 0.2) is 9.84 Å². The Hall–Kier alpha value is -1.60. The van der Waals surface area contributed by atoms with Crippen LogP contribution in [0.4, 0.5) is 0 Å². The second-order valence-electron chi connectivity index (χ2n) is 3.23. The number of nitrogens with one attached hydrogen (secondary N) is 1. The number of hydrogen-bond acceptors (Lipinski definition) is 4. The summed E-state index contributed by atoms with van der Waals surface area (Å²) in [4.78, 5) is 4.05. The van der Waals surface area contributed by atoms with E-state index in [0.29, 0.717) is 0 Å². The molecule has 16 heavy (non-hydrogen) atoms. The molecule has 1 aromatic carbocycles. The van der Waals surface area contributed by atoms with Crippen molar-refractivity contribution in [2.24, 2.45) is 10.7 Å². The largest absolute Gasteiger partial charge is 0.368 e. The lowest BCUT2D eigenvalue weighted by Gasteiger charge is -2.01. The molecule has 0 fully saturated rings. The van der Waals surface area contributed by atoms with Gasteiger partial charge < -0.3 is 5.73 Å². The first-order valence-corrected chi connectivity index (χ1v) is 6.31. The van der Waals surface area contributed by atoms with Crippen molar-refractivity contribution < 1.29 is 13.6 Å². The van der Waals surface area contributed by atoms with Crippen molar-refractivity contribution in [1.29, 1.82) is 0 Å². The SMILES string of the molecule is CS(=O)(=O)c1ccc(CN=C(N)NO)cc1. The van der Waals surface area contributed by atoms with Crippen LogP contribution in [0.2, 0.25) is 0 Å². The normalized spacial score (nSPS) is 12.5. The van der Waals surface area contributed by atoms with Gasteiger partial charge in [0.2, 0.25) is 5.96 Å². The molecule has 0 amide bonds. The molecular formula is C9H13N3O3S. The van der Waals surface area contributed by atoms with E-state index in [1.807, 2.05) is 0 Å². The third-order valence-corrected chi connectivity index (χ3v) is 3.03. The zero-order chi connectivity index (χ0) is 12.2. The van der Waals surface area contributed by atoms with E-state index in [-0.39, 0.29) is 17.4 Å². The summed E-state index contributed by atoms with van der Waals surface area (Å²) in [6, 6.07) is 6.29. The molecule has 0 heterocycles. The van der Waals surface area contributed by atoms with Gasteiger partial charge in [-0.2, -0.15) is 0 Å². The molecule has 0 aromatic heterocycles. The van der Waals surface area contributed by atoms with E-state index in [1.54, 1.807) is 17.6 Å². The summed E-state index contributed by atoms with van der Waals surface area (Å²) in [5, 5.41) is 8.38. The Kier molecular flexibility index (Phi) is 3.86. The first kappa shape index (κ1) is 12.5. The van der Waals surface area contributed by atoms with Gasteiger partial charge in [-0.05, 0) is 17.7 Å². The molecule has 0 spiro atoms. The molecule has 7 heteroatoms. The molecule has 88 valence electrons. The van der Waals surface area contributed by atoms with Crippen LogP contribution in [0.5, 0.6) is 0 Å². The zero-order valence-corrected chi connectivity index (χ0v) is 9.53. The van der Waals surface area contributed by atoms with Crippen LogP contribution in [-0.4, -0.2) is 25.8 Å². The average molecular weight is 243 g/mol. The average Bonchev–Trinajstić information content (AvgIpc) is 2.25. The van der Waals surface area contributed by atoms with Crippen LogP contribution in [0, 0.1) is 0 Å². The molecular weight excluding hydrogens is 230 g/mol. The van der Waals surface area contributed by atoms with Crippen molar-refractivity contribution in [2.45, 2.75) is 11.4 Å². The topological polar surface area (TPSA) is 105 Å².